The van der Waals surface area contributed by atoms with E-state index >= 15 is 0 Å². The van der Waals surface area contributed by atoms with Gasteiger partial charge >= 0.3 is 0 Å². The normalized spacial score (nSPS) is 12.6. The second-order valence-electron chi connectivity index (χ2n) is 4.02. The minimum Gasteiger partial charge on any atom is -0.310 e. The third kappa shape index (κ3) is 3.69. The van der Waals surface area contributed by atoms with Gasteiger partial charge in [0, 0.05) is 40.6 Å². The second kappa shape index (κ2) is 6.53. The minimum atomic E-state index is 0.177. The van der Waals surface area contributed by atoms with Gasteiger partial charge < -0.3 is 5.32 Å². The Morgan fingerprint density at radius 2 is 2.22 bits per heavy atom. The zero-order valence-electron chi connectivity index (χ0n) is 9.99. The SMILES string of the molecule is CC(NCCc1nccs1)c1cc(Cl)ccc1Cl. The van der Waals surface area contributed by atoms with Crippen LogP contribution in [0.1, 0.15) is 23.5 Å². The topological polar surface area (TPSA) is 24.9 Å². The molecule has 1 aromatic carbocycles. The van der Waals surface area contributed by atoms with E-state index in [0.29, 0.717) is 5.02 Å². The molecule has 1 N–H and O–H groups in total. The maximum Gasteiger partial charge on any atom is 0.0937 e. The molecule has 2 rings (SSSR count). The highest BCUT2D eigenvalue weighted by atomic mass is 35.5. The van der Waals surface area contributed by atoms with Crippen molar-refractivity contribution in [1.82, 2.24) is 10.3 Å². The highest BCUT2D eigenvalue weighted by Crippen LogP contribution is 2.26. The lowest BCUT2D eigenvalue weighted by Crippen LogP contribution is -2.21. The van der Waals surface area contributed by atoms with E-state index in [1.807, 2.05) is 23.7 Å². The van der Waals surface area contributed by atoms with Gasteiger partial charge in [0.15, 0.2) is 0 Å². The van der Waals surface area contributed by atoms with Gasteiger partial charge in [-0.15, -0.1) is 11.3 Å². The molecule has 0 aliphatic heterocycles. The molecule has 2 aromatic rings. The Bertz CT molecular complexity index is 500. The third-order valence-corrected chi connectivity index (χ3v) is 4.12. The summed E-state index contributed by atoms with van der Waals surface area (Å²) < 4.78 is 0. The van der Waals surface area contributed by atoms with Crippen molar-refractivity contribution in [3.63, 3.8) is 0 Å². The van der Waals surface area contributed by atoms with Crippen molar-refractivity contribution in [2.75, 3.05) is 6.54 Å². The number of benzene rings is 1. The van der Waals surface area contributed by atoms with Crippen LogP contribution in [0, 0.1) is 0 Å². The van der Waals surface area contributed by atoms with E-state index < -0.39 is 0 Å². The van der Waals surface area contributed by atoms with Gasteiger partial charge in [-0.1, -0.05) is 23.2 Å². The van der Waals surface area contributed by atoms with Crippen molar-refractivity contribution in [1.29, 1.82) is 0 Å². The van der Waals surface area contributed by atoms with Crippen LogP contribution in [0.5, 0.6) is 0 Å². The van der Waals surface area contributed by atoms with Crippen LogP contribution in [0.15, 0.2) is 29.8 Å². The number of hydrogen-bond acceptors (Lipinski definition) is 3. The number of nitrogens with zero attached hydrogens (tertiary/aromatic N) is 1. The summed E-state index contributed by atoms with van der Waals surface area (Å²) in [6.45, 7) is 2.96. The van der Waals surface area contributed by atoms with Crippen molar-refractivity contribution in [2.24, 2.45) is 0 Å². The van der Waals surface area contributed by atoms with Gasteiger partial charge in [0.05, 0.1) is 5.01 Å². The molecule has 0 saturated heterocycles. The van der Waals surface area contributed by atoms with E-state index in [-0.39, 0.29) is 6.04 Å². The molecule has 0 spiro atoms. The Hall–Kier alpha value is -0.610. The quantitative estimate of drug-likeness (QED) is 0.888. The van der Waals surface area contributed by atoms with Crippen molar-refractivity contribution < 1.29 is 0 Å². The molecule has 0 bridgehead atoms. The van der Waals surface area contributed by atoms with Crippen LogP contribution in [0.25, 0.3) is 0 Å². The van der Waals surface area contributed by atoms with Gasteiger partial charge in [-0.2, -0.15) is 0 Å². The highest BCUT2D eigenvalue weighted by Gasteiger charge is 2.09. The Balaban J connectivity index is 1.91. The van der Waals surface area contributed by atoms with Crippen LogP contribution in [0.2, 0.25) is 10.0 Å². The minimum absolute atomic E-state index is 0.177. The molecule has 0 radical (unpaired) electrons. The number of aromatic nitrogens is 1. The molecule has 96 valence electrons. The van der Waals surface area contributed by atoms with Crippen LogP contribution >= 0.6 is 34.5 Å². The lowest BCUT2D eigenvalue weighted by atomic mass is 10.1. The summed E-state index contributed by atoms with van der Waals surface area (Å²) >= 11 is 13.8. The molecule has 0 fully saturated rings. The fourth-order valence-electron chi connectivity index (χ4n) is 1.73. The van der Waals surface area contributed by atoms with E-state index in [4.69, 9.17) is 23.2 Å². The molecular weight excluding hydrogens is 287 g/mol. The lowest BCUT2D eigenvalue weighted by Gasteiger charge is -2.15. The summed E-state index contributed by atoms with van der Waals surface area (Å²) in [5.41, 5.74) is 1.03. The molecular formula is C13H14Cl2N2S. The van der Waals surface area contributed by atoms with Crippen molar-refractivity contribution in [3.05, 3.63) is 50.4 Å². The fraction of sp³-hybridized carbons (Fsp3) is 0.308. The number of nitrogens with one attached hydrogen (secondary N) is 1. The van der Waals surface area contributed by atoms with E-state index in [0.717, 1.165) is 28.6 Å². The van der Waals surface area contributed by atoms with Crippen molar-refractivity contribution >= 4 is 34.5 Å². The maximum atomic E-state index is 6.16. The Morgan fingerprint density at radius 3 is 2.94 bits per heavy atom. The Labute approximate surface area is 121 Å². The van der Waals surface area contributed by atoms with Gasteiger partial charge in [0.2, 0.25) is 0 Å². The van der Waals surface area contributed by atoms with Gasteiger partial charge in [-0.05, 0) is 30.7 Å². The van der Waals surface area contributed by atoms with Gasteiger partial charge in [-0.3, -0.25) is 0 Å². The first-order valence-corrected chi connectivity index (χ1v) is 7.37. The molecule has 1 aromatic heterocycles. The zero-order chi connectivity index (χ0) is 13.0. The van der Waals surface area contributed by atoms with Gasteiger partial charge in [-0.25, -0.2) is 4.98 Å². The molecule has 0 aliphatic rings. The molecule has 1 heterocycles. The van der Waals surface area contributed by atoms with E-state index in [2.05, 4.69) is 17.2 Å². The summed E-state index contributed by atoms with van der Waals surface area (Å²) in [6, 6.07) is 5.72. The standard InChI is InChI=1S/C13H14Cl2N2S/c1-9(11-8-10(14)2-3-12(11)15)16-5-4-13-17-6-7-18-13/h2-3,6-9,16H,4-5H2,1H3. The van der Waals surface area contributed by atoms with Crippen LogP contribution < -0.4 is 5.32 Å². The third-order valence-electron chi connectivity index (χ3n) is 2.70. The first kappa shape index (κ1) is 13.8. The van der Waals surface area contributed by atoms with Crippen LogP contribution in [0.3, 0.4) is 0 Å². The average Bonchev–Trinajstić information content (AvgIpc) is 2.85. The lowest BCUT2D eigenvalue weighted by molar-refractivity contribution is 0.576. The monoisotopic (exact) mass is 300 g/mol. The molecule has 0 aliphatic carbocycles. The van der Waals surface area contributed by atoms with Crippen molar-refractivity contribution in [2.45, 2.75) is 19.4 Å². The van der Waals surface area contributed by atoms with Gasteiger partial charge in [0.1, 0.15) is 0 Å². The predicted octanol–water partition coefficient (Wildman–Crippen LogP) is 4.34. The summed E-state index contributed by atoms with van der Waals surface area (Å²) in [7, 11) is 0. The smallest absolute Gasteiger partial charge is 0.0937 e. The summed E-state index contributed by atoms with van der Waals surface area (Å²) in [4.78, 5) is 4.25. The summed E-state index contributed by atoms with van der Waals surface area (Å²) in [5.74, 6) is 0. The molecule has 0 amide bonds. The summed E-state index contributed by atoms with van der Waals surface area (Å²) in [5, 5.41) is 8.02. The van der Waals surface area contributed by atoms with Crippen LogP contribution in [0.4, 0.5) is 0 Å². The molecule has 5 heteroatoms. The van der Waals surface area contributed by atoms with Gasteiger partial charge in [0.25, 0.3) is 0 Å². The Morgan fingerprint density at radius 1 is 1.39 bits per heavy atom. The number of thiazole rings is 1. The predicted molar refractivity (Wildman–Crippen MR) is 78.7 cm³/mol. The van der Waals surface area contributed by atoms with E-state index in [1.165, 1.54) is 0 Å². The van der Waals surface area contributed by atoms with E-state index in [9.17, 15) is 0 Å². The second-order valence-corrected chi connectivity index (χ2v) is 5.84. The summed E-state index contributed by atoms with van der Waals surface area (Å²) in [6.07, 6.45) is 2.76. The first-order chi connectivity index (χ1) is 8.66. The first-order valence-electron chi connectivity index (χ1n) is 5.73. The molecule has 2 nitrogen and oxygen atoms in total. The highest BCUT2D eigenvalue weighted by molar-refractivity contribution is 7.09. The molecule has 1 unspecified atom stereocenters. The zero-order valence-corrected chi connectivity index (χ0v) is 12.3. The Kier molecular flexibility index (Phi) is 5.01. The number of halogens is 2. The average molecular weight is 301 g/mol. The maximum absolute atomic E-state index is 6.16. The number of hydrogen-bond donors (Lipinski definition) is 1. The molecule has 1 atom stereocenters. The van der Waals surface area contributed by atoms with Crippen LogP contribution in [-0.4, -0.2) is 11.5 Å². The molecule has 18 heavy (non-hydrogen) atoms. The largest absolute Gasteiger partial charge is 0.310 e. The fourth-order valence-corrected chi connectivity index (χ4v) is 2.81. The van der Waals surface area contributed by atoms with Crippen molar-refractivity contribution in [3.8, 4) is 0 Å². The van der Waals surface area contributed by atoms with Crippen LogP contribution in [-0.2, 0) is 6.42 Å². The van der Waals surface area contributed by atoms with E-state index in [1.54, 1.807) is 17.4 Å². The number of rotatable bonds is 5. The molecule has 0 saturated carbocycles.